The van der Waals surface area contributed by atoms with Crippen molar-refractivity contribution in [2.24, 2.45) is 5.16 Å². The normalized spacial score (nSPS) is 20.6. The summed E-state index contributed by atoms with van der Waals surface area (Å²) in [6.45, 7) is 6.58. The molecule has 0 fully saturated rings. The van der Waals surface area contributed by atoms with Gasteiger partial charge < -0.3 is 10.2 Å². The van der Waals surface area contributed by atoms with Gasteiger partial charge in [-0.1, -0.05) is 42.4 Å². The van der Waals surface area contributed by atoms with Gasteiger partial charge in [0.1, 0.15) is 5.60 Å². The summed E-state index contributed by atoms with van der Waals surface area (Å²) >= 11 is 0. The fourth-order valence-corrected chi connectivity index (χ4v) is 2.31. The molecule has 0 aromatic heterocycles. The summed E-state index contributed by atoms with van der Waals surface area (Å²) < 4.78 is 0. The topological polar surface area (TPSA) is 50.7 Å². The molecule has 1 unspecified atom stereocenters. The van der Waals surface area contributed by atoms with Crippen molar-refractivity contribution in [2.45, 2.75) is 38.7 Å². The lowest BCUT2D eigenvalue weighted by molar-refractivity contribution is -0.114. The predicted molar refractivity (Wildman–Crippen MR) is 75.1 cm³/mol. The van der Waals surface area contributed by atoms with Gasteiger partial charge in [-0.2, -0.15) is 0 Å². The number of oxime groups is 1. The smallest absolute Gasteiger partial charge is 0.269 e. The maximum Gasteiger partial charge on any atom is 0.269 e. The average Bonchev–Trinajstić information content (AvgIpc) is 2.72. The summed E-state index contributed by atoms with van der Waals surface area (Å²) in [4.78, 5) is 17.6. The lowest BCUT2D eigenvalue weighted by Crippen LogP contribution is -2.39. The van der Waals surface area contributed by atoms with E-state index >= 15 is 0 Å². The van der Waals surface area contributed by atoms with Gasteiger partial charge in [-0.3, -0.25) is 4.79 Å². The van der Waals surface area contributed by atoms with Crippen LogP contribution in [0.2, 0.25) is 0 Å². The highest BCUT2D eigenvalue weighted by Gasteiger charge is 2.44. The van der Waals surface area contributed by atoms with Crippen LogP contribution in [0.4, 0.5) is 0 Å². The minimum atomic E-state index is -0.500. The first-order chi connectivity index (χ1) is 9.06. The second-order valence-corrected chi connectivity index (χ2v) is 5.27. The van der Waals surface area contributed by atoms with Crippen molar-refractivity contribution in [3.63, 3.8) is 0 Å². The zero-order chi connectivity index (χ0) is 13.9. The molecule has 102 valence electrons. The van der Waals surface area contributed by atoms with Crippen LogP contribution < -0.4 is 5.32 Å². The number of hydrogen-bond donors (Lipinski definition) is 1. The van der Waals surface area contributed by atoms with Crippen molar-refractivity contribution in [1.82, 2.24) is 5.32 Å². The molecule has 4 heteroatoms. The van der Waals surface area contributed by atoms with Crippen LogP contribution in [-0.2, 0) is 9.63 Å². The molecule has 0 aliphatic carbocycles. The highest BCUT2D eigenvalue weighted by atomic mass is 16.7. The Morgan fingerprint density at radius 1 is 1.37 bits per heavy atom. The van der Waals surface area contributed by atoms with Crippen LogP contribution in [0.1, 0.15) is 38.7 Å². The van der Waals surface area contributed by atoms with Crippen molar-refractivity contribution in [3.8, 4) is 0 Å². The highest BCUT2D eigenvalue weighted by molar-refractivity contribution is 6.41. The van der Waals surface area contributed by atoms with E-state index < -0.39 is 5.60 Å². The molecule has 0 spiro atoms. The molecule has 0 saturated carbocycles. The van der Waals surface area contributed by atoms with Crippen molar-refractivity contribution in [2.75, 3.05) is 6.54 Å². The Balaban J connectivity index is 2.26. The van der Waals surface area contributed by atoms with Crippen molar-refractivity contribution >= 4 is 11.6 Å². The molecular formula is C15H20N2O2. The minimum absolute atomic E-state index is 0.134. The average molecular weight is 260 g/mol. The number of nitrogens with zero attached hydrogens (tertiary/aromatic N) is 1. The Morgan fingerprint density at radius 3 is 2.68 bits per heavy atom. The Labute approximate surface area is 113 Å². The third-order valence-corrected chi connectivity index (χ3v) is 3.25. The monoisotopic (exact) mass is 260 g/mol. The van der Waals surface area contributed by atoms with Crippen LogP contribution >= 0.6 is 0 Å². The van der Waals surface area contributed by atoms with Gasteiger partial charge in [0.25, 0.3) is 5.91 Å². The standard InChI is InChI=1S/C15H20N2O2/c1-4-10-16-14(18)13-12(15(2,3)19-17-13)11-8-6-5-7-9-11/h5-9,12H,4,10H2,1-3H3,(H,16,18). The molecule has 1 aromatic rings. The maximum atomic E-state index is 12.2. The van der Waals surface area contributed by atoms with Gasteiger partial charge in [0.15, 0.2) is 5.71 Å². The van der Waals surface area contributed by atoms with Crippen LogP contribution in [0.5, 0.6) is 0 Å². The van der Waals surface area contributed by atoms with E-state index in [9.17, 15) is 4.79 Å². The summed E-state index contributed by atoms with van der Waals surface area (Å²) in [6, 6.07) is 9.89. The first-order valence-electron chi connectivity index (χ1n) is 6.65. The number of rotatable bonds is 4. The molecule has 1 N–H and O–H groups in total. The first-order valence-corrected chi connectivity index (χ1v) is 6.65. The molecule has 0 saturated heterocycles. The lowest BCUT2D eigenvalue weighted by atomic mass is 9.81. The molecule has 1 heterocycles. The largest absolute Gasteiger partial charge is 0.388 e. The Bertz CT molecular complexity index is 480. The molecule has 19 heavy (non-hydrogen) atoms. The molecule has 1 amide bonds. The SMILES string of the molecule is CCCNC(=O)C1=NOC(C)(C)C1c1ccccc1. The second-order valence-electron chi connectivity index (χ2n) is 5.27. The number of nitrogens with one attached hydrogen (secondary N) is 1. The van der Waals surface area contributed by atoms with Gasteiger partial charge in [0.2, 0.25) is 0 Å². The predicted octanol–water partition coefficient (Wildman–Crippen LogP) is 2.46. The Morgan fingerprint density at radius 2 is 2.05 bits per heavy atom. The zero-order valence-electron chi connectivity index (χ0n) is 11.6. The summed E-state index contributed by atoms with van der Waals surface area (Å²) in [5.41, 5.74) is 1.01. The zero-order valence-corrected chi connectivity index (χ0v) is 11.6. The third-order valence-electron chi connectivity index (χ3n) is 3.25. The van der Waals surface area contributed by atoms with E-state index in [0.29, 0.717) is 12.3 Å². The molecule has 2 rings (SSSR count). The van der Waals surface area contributed by atoms with Gasteiger partial charge >= 0.3 is 0 Å². The summed E-state index contributed by atoms with van der Waals surface area (Å²) in [5.74, 6) is -0.271. The van der Waals surface area contributed by atoms with E-state index in [-0.39, 0.29) is 11.8 Å². The Kier molecular flexibility index (Phi) is 3.88. The van der Waals surface area contributed by atoms with Gasteiger partial charge in [0.05, 0.1) is 5.92 Å². The molecule has 1 aliphatic rings. The number of carbonyl (C=O) groups is 1. The van der Waals surface area contributed by atoms with Crippen molar-refractivity contribution < 1.29 is 9.63 Å². The van der Waals surface area contributed by atoms with E-state index in [1.807, 2.05) is 51.1 Å². The maximum absolute atomic E-state index is 12.2. The molecule has 1 aliphatic heterocycles. The van der Waals surface area contributed by atoms with E-state index in [1.165, 1.54) is 0 Å². The van der Waals surface area contributed by atoms with Crippen LogP contribution in [0, 0.1) is 0 Å². The second kappa shape index (κ2) is 5.43. The fourth-order valence-electron chi connectivity index (χ4n) is 2.31. The van der Waals surface area contributed by atoms with Gasteiger partial charge in [-0.05, 0) is 25.8 Å². The van der Waals surface area contributed by atoms with Gasteiger partial charge in [-0.25, -0.2) is 0 Å². The third kappa shape index (κ3) is 2.78. The van der Waals surface area contributed by atoms with Crippen LogP contribution in [0.3, 0.4) is 0 Å². The quantitative estimate of drug-likeness (QED) is 0.904. The molecule has 0 bridgehead atoms. The van der Waals surface area contributed by atoms with Crippen LogP contribution in [0.25, 0.3) is 0 Å². The molecular weight excluding hydrogens is 240 g/mol. The van der Waals surface area contributed by atoms with Gasteiger partial charge in [-0.15, -0.1) is 0 Å². The molecule has 1 atom stereocenters. The number of carbonyl (C=O) groups excluding carboxylic acids is 1. The van der Waals surface area contributed by atoms with E-state index in [4.69, 9.17) is 4.84 Å². The fraction of sp³-hybridized carbons (Fsp3) is 0.467. The van der Waals surface area contributed by atoms with Crippen molar-refractivity contribution in [3.05, 3.63) is 35.9 Å². The first kappa shape index (κ1) is 13.6. The van der Waals surface area contributed by atoms with Crippen LogP contribution in [-0.4, -0.2) is 23.8 Å². The minimum Gasteiger partial charge on any atom is -0.388 e. The lowest BCUT2D eigenvalue weighted by Gasteiger charge is -2.25. The summed E-state index contributed by atoms with van der Waals surface area (Å²) in [7, 11) is 0. The number of amides is 1. The molecule has 1 aromatic carbocycles. The highest BCUT2D eigenvalue weighted by Crippen LogP contribution is 2.37. The van der Waals surface area contributed by atoms with E-state index in [2.05, 4.69) is 10.5 Å². The Hall–Kier alpha value is -1.84. The number of benzene rings is 1. The van der Waals surface area contributed by atoms with E-state index in [1.54, 1.807) is 0 Å². The summed E-state index contributed by atoms with van der Waals surface area (Å²) in [6.07, 6.45) is 0.902. The molecule has 0 radical (unpaired) electrons. The van der Waals surface area contributed by atoms with Crippen molar-refractivity contribution in [1.29, 1.82) is 0 Å². The van der Waals surface area contributed by atoms with Gasteiger partial charge in [0, 0.05) is 6.54 Å². The number of hydrogen-bond acceptors (Lipinski definition) is 3. The van der Waals surface area contributed by atoms with Crippen LogP contribution in [0.15, 0.2) is 35.5 Å². The van der Waals surface area contributed by atoms with E-state index in [0.717, 1.165) is 12.0 Å². The summed E-state index contributed by atoms with van der Waals surface area (Å²) in [5, 5.41) is 6.87. The molecule has 4 nitrogen and oxygen atoms in total.